The molecule has 1 nitrogen and oxygen atoms in total. The third-order valence-electron chi connectivity index (χ3n) is 4.49. The molecule has 1 aliphatic rings. The molecule has 0 amide bonds. The van der Waals surface area contributed by atoms with Crippen LogP contribution in [-0.2, 0) is 5.60 Å². The van der Waals surface area contributed by atoms with Gasteiger partial charge in [0.05, 0.1) is 5.60 Å². The van der Waals surface area contributed by atoms with Crippen LogP contribution in [0.5, 0.6) is 0 Å². The summed E-state index contributed by atoms with van der Waals surface area (Å²) in [4.78, 5) is 0. The molecule has 17 heavy (non-hydrogen) atoms. The van der Waals surface area contributed by atoms with Crippen LogP contribution in [0.3, 0.4) is 0 Å². The molecular formula is C16H24O. The fraction of sp³-hybridized carbons (Fsp3) is 0.625. The second-order valence-corrected chi connectivity index (χ2v) is 6.62. The third kappa shape index (κ3) is 2.01. The van der Waals surface area contributed by atoms with Crippen molar-refractivity contribution in [2.45, 2.75) is 53.1 Å². The molecule has 1 aliphatic carbocycles. The summed E-state index contributed by atoms with van der Waals surface area (Å²) in [6.45, 7) is 10.9. The highest BCUT2D eigenvalue weighted by atomic mass is 16.3. The van der Waals surface area contributed by atoms with Gasteiger partial charge in [-0.05, 0) is 54.7 Å². The topological polar surface area (TPSA) is 20.2 Å². The second-order valence-electron chi connectivity index (χ2n) is 6.62. The minimum atomic E-state index is -0.639. The molecule has 0 aliphatic heterocycles. The molecule has 0 aromatic heterocycles. The molecule has 94 valence electrons. The standard InChI is InChI=1S/C16H24O/c1-11-7-6-8-14(13(11)3)16(17)10-15(4,5)9-12(16)2/h6-8,12,17H,9-10H2,1-5H3. The number of hydrogen-bond acceptors (Lipinski definition) is 1. The normalized spacial score (nSPS) is 31.8. The summed E-state index contributed by atoms with van der Waals surface area (Å²) in [5, 5.41) is 11.1. The molecule has 1 fully saturated rings. The molecule has 2 rings (SSSR count). The van der Waals surface area contributed by atoms with Gasteiger partial charge in [-0.3, -0.25) is 0 Å². The first-order valence-electron chi connectivity index (χ1n) is 6.55. The van der Waals surface area contributed by atoms with Gasteiger partial charge in [0.15, 0.2) is 0 Å². The van der Waals surface area contributed by atoms with E-state index in [0.717, 1.165) is 18.4 Å². The lowest BCUT2D eigenvalue weighted by atomic mass is 9.80. The van der Waals surface area contributed by atoms with Crippen LogP contribution >= 0.6 is 0 Å². The Hall–Kier alpha value is -0.820. The van der Waals surface area contributed by atoms with Gasteiger partial charge in [0.1, 0.15) is 0 Å². The average molecular weight is 232 g/mol. The first-order valence-corrected chi connectivity index (χ1v) is 6.55. The smallest absolute Gasteiger partial charge is 0.0929 e. The zero-order chi connectivity index (χ0) is 12.8. The predicted octanol–water partition coefficient (Wildman–Crippen LogP) is 3.95. The Labute approximate surface area is 105 Å². The summed E-state index contributed by atoms with van der Waals surface area (Å²) in [6.07, 6.45) is 1.96. The number of aliphatic hydroxyl groups is 1. The number of rotatable bonds is 1. The lowest BCUT2D eigenvalue weighted by Crippen LogP contribution is -2.30. The third-order valence-corrected chi connectivity index (χ3v) is 4.49. The van der Waals surface area contributed by atoms with Crippen molar-refractivity contribution in [3.05, 3.63) is 34.9 Å². The lowest BCUT2D eigenvalue weighted by molar-refractivity contribution is -0.00147. The SMILES string of the molecule is Cc1cccc(C2(O)CC(C)(C)CC2C)c1C. The fourth-order valence-corrected chi connectivity index (χ4v) is 3.55. The molecule has 2 atom stereocenters. The van der Waals surface area contributed by atoms with Gasteiger partial charge in [-0.25, -0.2) is 0 Å². The molecule has 0 saturated heterocycles. The van der Waals surface area contributed by atoms with E-state index in [2.05, 4.69) is 52.8 Å². The Morgan fingerprint density at radius 2 is 1.88 bits per heavy atom. The highest BCUT2D eigenvalue weighted by molar-refractivity contribution is 5.38. The molecule has 1 N–H and O–H groups in total. The van der Waals surface area contributed by atoms with E-state index in [-0.39, 0.29) is 5.41 Å². The van der Waals surface area contributed by atoms with Crippen molar-refractivity contribution in [2.75, 3.05) is 0 Å². The van der Waals surface area contributed by atoms with Crippen LogP contribution in [0.25, 0.3) is 0 Å². The van der Waals surface area contributed by atoms with E-state index in [0.29, 0.717) is 5.92 Å². The maximum absolute atomic E-state index is 11.1. The zero-order valence-electron chi connectivity index (χ0n) is 11.7. The largest absolute Gasteiger partial charge is 0.385 e. The van der Waals surface area contributed by atoms with Gasteiger partial charge in [0.2, 0.25) is 0 Å². The maximum atomic E-state index is 11.1. The molecule has 1 aromatic carbocycles. The van der Waals surface area contributed by atoms with E-state index in [9.17, 15) is 5.11 Å². The Balaban J connectivity index is 2.49. The van der Waals surface area contributed by atoms with Crippen molar-refractivity contribution < 1.29 is 5.11 Å². The second kappa shape index (κ2) is 3.84. The maximum Gasteiger partial charge on any atom is 0.0929 e. The van der Waals surface area contributed by atoms with Crippen molar-refractivity contribution in [1.29, 1.82) is 0 Å². The summed E-state index contributed by atoms with van der Waals surface area (Å²) in [7, 11) is 0. The van der Waals surface area contributed by atoms with Crippen LogP contribution in [0.1, 0.15) is 50.3 Å². The van der Waals surface area contributed by atoms with E-state index < -0.39 is 5.60 Å². The summed E-state index contributed by atoms with van der Waals surface area (Å²) >= 11 is 0. The first kappa shape index (κ1) is 12.6. The summed E-state index contributed by atoms with van der Waals surface area (Å²) < 4.78 is 0. The Morgan fingerprint density at radius 3 is 2.41 bits per heavy atom. The van der Waals surface area contributed by atoms with E-state index in [1.807, 2.05) is 0 Å². The molecule has 1 saturated carbocycles. The van der Waals surface area contributed by atoms with Crippen molar-refractivity contribution in [1.82, 2.24) is 0 Å². The first-order chi connectivity index (χ1) is 7.76. The molecule has 1 heteroatoms. The molecule has 0 spiro atoms. The van der Waals surface area contributed by atoms with E-state index in [1.54, 1.807) is 0 Å². The molecule has 0 radical (unpaired) electrons. The summed E-state index contributed by atoms with van der Waals surface area (Å²) in [5.41, 5.74) is 3.26. The molecular weight excluding hydrogens is 208 g/mol. The molecule has 2 unspecified atom stereocenters. The van der Waals surface area contributed by atoms with E-state index in [1.165, 1.54) is 11.1 Å². The van der Waals surface area contributed by atoms with Crippen molar-refractivity contribution >= 4 is 0 Å². The van der Waals surface area contributed by atoms with Gasteiger partial charge in [-0.15, -0.1) is 0 Å². The van der Waals surface area contributed by atoms with Gasteiger partial charge in [0.25, 0.3) is 0 Å². The van der Waals surface area contributed by atoms with Crippen LogP contribution < -0.4 is 0 Å². The van der Waals surface area contributed by atoms with Crippen LogP contribution in [0.4, 0.5) is 0 Å². The lowest BCUT2D eigenvalue weighted by Gasteiger charge is -2.31. The van der Waals surface area contributed by atoms with E-state index in [4.69, 9.17) is 0 Å². The highest BCUT2D eigenvalue weighted by Gasteiger charge is 2.48. The van der Waals surface area contributed by atoms with Crippen LogP contribution in [0.15, 0.2) is 18.2 Å². The Kier molecular flexibility index (Phi) is 2.86. The predicted molar refractivity (Wildman–Crippen MR) is 72.0 cm³/mol. The highest BCUT2D eigenvalue weighted by Crippen LogP contribution is 2.53. The average Bonchev–Trinajstić information content (AvgIpc) is 2.40. The van der Waals surface area contributed by atoms with Gasteiger partial charge in [-0.2, -0.15) is 0 Å². The number of hydrogen-bond donors (Lipinski definition) is 1. The van der Waals surface area contributed by atoms with E-state index >= 15 is 0 Å². The van der Waals surface area contributed by atoms with Gasteiger partial charge >= 0.3 is 0 Å². The van der Waals surface area contributed by atoms with Gasteiger partial charge in [-0.1, -0.05) is 39.0 Å². The van der Waals surface area contributed by atoms with Crippen LogP contribution in [0, 0.1) is 25.2 Å². The van der Waals surface area contributed by atoms with Gasteiger partial charge < -0.3 is 5.11 Å². The molecule has 0 bridgehead atoms. The summed E-state index contributed by atoms with van der Waals surface area (Å²) in [6, 6.07) is 6.28. The van der Waals surface area contributed by atoms with Crippen molar-refractivity contribution in [2.24, 2.45) is 11.3 Å². The Morgan fingerprint density at radius 1 is 1.24 bits per heavy atom. The molecule has 0 heterocycles. The van der Waals surface area contributed by atoms with Crippen LogP contribution in [-0.4, -0.2) is 5.11 Å². The Bertz CT molecular complexity index is 433. The number of aryl methyl sites for hydroxylation is 1. The monoisotopic (exact) mass is 232 g/mol. The number of benzene rings is 1. The quantitative estimate of drug-likeness (QED) is 0.777. The molecule has 1 aromatic rings. The zero-order valence-corrected chi connectivity index (χ0v) is 11.7. The van der Waals surface area contributed by atoms with Crippen molar-refractivity contribution in [3.63, 3.8) is 0 Å². The van der Waals surface area contributed by atoms with Crippen LogP contribution in [0.2, 0.25) is 0 Å². The minimum absolute atomic E-state index is 0.240. The van der Waals surface area contributed by atoms with Gasteiger partial charge in [0, 0.05) is 0 Å². The minimum Gasteiger partial charge on any atom is -0.385 e. The fourth-order valence-electron chi connectivity index (χ4n) is 3.55. The summed E-state index contributed by atoms with van der Waals surface area (Å²) in [5.74, 6) is 0.331. The van der Waals surface area contributed by atoms with Crippen molar-refractivity contribution in [3.8, 4) is 0 Å².